The van der Waals surface area contributed by atoms with E-state index in [0.717, 1.165) is 0 Å². The number of benzene rings is 2. The molecule has 21 heavy (non-hydrogen) atoms. The van der Waals surface area contributed by atoms with E-state index in [1.165, 1.54) is 17.7 Å². The van der Waals surface area contributed by atoms with Crippen LogP contribution in [0.1, 0.15) is 30.9 Å². The lowest BCUT2D eigenvalue weighted by Crippen LogP contribution is -1.96. The number of hydrogen-bond donors (Lipinski definition) is 1. The van der Waals surface area contributed by atoms with Gasteiger partial charge >= 0.3 is 5.69 Å². The fourth-order valence-corrected chi connectivity index (χ4v) is 1.94. The molecule has 0 aliphatic rings. The molecule has 2 rings (SSSR count). The molecule has 0 bridgehead atoms. The van der Waals surface area contributed by atoms with Gasteiger partial charge in [-0.05, 0) is 35.2 Å². The lowest BCUT2D eigenvalue weighted by atomic mass is 10.0. The Labute approximate surface area is 123 Å². The van der Waals surface area contributed by atoms with Crippen molar-refractivity contribution >= 4 is 5.69 Å². The summed E-state index contributed by atoms with van der Waals surface area (Å²) in [4.78, 5) is 10.6. The Morgan fingerprint density at radius 1 is 1.19 bits per heavy atom. The molecule has 1 N–H and O–H groups in total. The summed E-state index contributed by atoms with van der Waals surface area (Å²) in [5, 5.41) is 20.1. The molecule has 2 aromatic rings. The summed E-state index contributed by atoms with van der Waals surface area (Å²) in [5.74, 6) is 1.12. The van der Waals surface area contributed by atoms with E-state index in [0.29, 0.717) is 17.2 Å². The summed E-state index contributed by atoms with van der Waals surface area (Å²) in [6, 6.07) is 11.9. The second-order valence-corrected chi connectivity index (χ2v) is 5.04. The van der Waals surface area contributed by atoms with Gasteiger partial charge in [-0.3, -0.25) is 10.1 Å². The minimum absolute atomic E-state index is 0.158. The Bertz CT molecular complexity index is 635. The molecule has 5 heteroatoms. The van der Waals surface area contributed by atoms with Gasteiger partial charge < -0.3 is 9.84 Å². The van der Waals surface area contributed by atoms with Crippen LogP contribution in [0.4, 0.5) is 5.69 Å². The first-order chi connectivity index (χ1) is 10.0. The highest BCUT2D eigenvalue weighted by atomic mass is 16.6. The molecular weight excluding hydrogens is 270 g/mol. The largest absolute Gasteiger partial charge is 0.450 e. The molecule has 0 unspecified atom stereocenters. The molecule has 0 atom stereocenters. The minimum Gasteiger partial charge on any atom is -0.450 e. The van der Waals surface area contributed by atoms with Gasteiger partial charge in [0, 0.05) is 6.07 Å². The zero-order chi connectivity index (χ0) is 15.4. The topological polar surface area (TPSA) is 72.6 Å². The van der Waals surface area contributed by atoms with E-state index in [2.05, 4.69) is 13.8 Å². The average molecular weight is 287 g/mol. The van der Waals surface area contributed by atoms with E-state index in [4.69, 9.17) is 9.84 Å². The van der Waals surface area contributed by atoms with E-state index < -0.39 is 4.92 Å². The number of hydrogen-bond acceptors (Lipinski definition) is 4. The second kappa shape index (κ2) is 6.37. The number of rotatable bonds is 5. The maximum atomic E-state index is 11.1. The van der Waals surface area contributed by atoms with E-state index in [9.17, 15) is 10.1 Å². The molecule has 0 saturated carbocycles. The van der Waals surface area contributed by atoms with Crippen LogP contribution >= 0.6 is 0 Å². The Balaban J connectivity index is 2.28. The average Bonchev–Trinajstić information content (AvgIpc) is 2.48. The zero-order valence-corrected chi connectivity index (χ0v) is 11.9. The highest BCUT2D eigenvalue weighted by Crippen LogP contribution is 2.32. The summed E-state index contributed by atoms with van der Waals surface area (Å²) in [7, 11) is 0. The highest BCUT2D eigenvalue weighted by molar-refractivity contribution is 5.50. The summed E-state index contributed by atoms with van der Waals surface area (Å²) in [6.45, 7) is 3.94. The lowest BCUT2D eigenvalue weighted by molar-refractivity contribution is -0.385. The molecule has 0 aromatic heterocycles. The first kappa shape index (κ1) is 15.0. The molecule has 5 nitrogen and oxygen atoms in total. The van der Waals surface area contributed by atoms with Crippen molar-refractivity contribution in [3.05, 3.63) is 63.7 Å². The molecule has 0 fully saturated rings. The van der Waals surface area contributed by atoms with E-state index in [1.54, 1.807) is 18.2 Å². The van der Waals surface area contributed by atoms with Crippen LogP contribution in [-0.2, 0) is 6.61 Å². The number of nitro groups is 1. The second-order valence-electron chi connectivity index (χ2n) is 5.04. The van der Waals surface area contributed by atoms with Gasteiger partial charge in [0.2, 0.25) is 5.75 Å². The highest BCUT2D eigenvalue weighted by Gasteiger charge is 2.16. The van der Waals surface area contributed by atoms with Crippen molar-refractivity contribution < 1.29 is 14.8 Å². The SMILES string of the molecule is CC(C)c1ccc(Oc2ccc(CO)cc2[N+](=O)[O-])cc1. The third-order valence-corrected chi connectivity index (χ3v) is 3.18. The Morgan fingerprint density at radius 3 is 2.38 bits per heavy atom. The van der Waals surface area contributed by atoms with Crippen molar-refractivity contribution in [2.24, 2.45) is 0 Å². The van der Waals surface area contributed by atoms with Crippen LogP contribution in [0.3, 0.4) is 0 Å². The van der Waals surface area contributed by atoms with Gasteiger partial charge in [-0.15, -0.1) is 0 Å². The number of aliphatic hydroxyl groups is 1. The van der Waals surface area contributed by atoms with Gasteiger partial charge in [0.1, 0.15) is 5.75 Å². The minimum atomic E-state index is -0.517. The summed E-state index contributed by atoms with van der Waals surface area (Å²) in [6.07, 6.45) is 0. The van der Waals surface area contributed by atoms with Crippen molar-refractivity contribution in [1.29, 1.82) is 0 Å². The first-order valence-electron chi connectivity index (χ1n) is 6.67. The van der Waals surface area contributed by atoms with Crippen LogP contribution < -0.4 is 4.74 Å². The van der Waals surface area contributed by atoms with Crippen LogP contribution in [0.25, 0.3) is 0 Å². The van der Waals surface area contributed by atoms with Crippen LogP contribution in [-0.4, -0.2) is 10.0 Å². The van der Waals surface area contributed by atoms with Crippen LogP contribution in [0.15, 0.2) is 42.5 Å². The molecule has 0 spiro atoms. The van der Waals surface area contributed by atoms with Gasteiger partial charge in [-0.25, -0.2) is 0 Å². The predicted molar refractivity (Wildman–Crippen MR) is 79.6 cm³/mol. The Hall–Kier alpha value is -2.40. The van der Waals surface area contributed by atoms with Crippen molar-refractivity contribution in [3.63, 3.8) is 0 Å². The normalized spacial score (nSPS) is 10.7. The first-order valence-corrected chi connectivity index (χ1v) is 6.67. The fraction of sp³-hybridized carbons (Fsp3) is 0.250. The number of nitrogens with zero attached hydrogens (tertiary/aromatic N) is 1. The van der Waals surface area contributed by atoms with Gasteiger partial charge in [0.15, 0.2) is 0 Å². The molecule has 0 saturated heterocycles. The van der Waals surface area contributed by atoms with Gasteiger partial charge in [-0.1, -0.05) is 32.0 Å². The number of ether oxygens (including phenoxy) is 1. The third-order valence-electron chi connectivity index (χ3n) is 3.18. The predicted octanol–water partition coefficient (Wildman–Crippen LogP) is 4.00. The Kier molecular flexibility index (Phi) is 4.55. The van der Waals surface area contributed by atoms with Crippen molar-refractivity contribution in [3.8, 4) is 11.5 Å². The number of nitro benzene ring substituents is 1. The Morgan fingerprint density at radius 2 is 1.86 bits per heavy atom. The number of aliphatic hydroxyl groups excluding tert-OH is 1. The molecule has 0 aliphatic carbocycles. The lowest BCUT2D eigenvalue weighted by Gasteiger charge is -2.09. The van der Waals surface area contributed by atoms with E-state index >= 15 is 0 Å². The maximum absolute atomic E-state index is 11.1. The molecule has 110 valence electrons. The van der Waals surface area contributed by atoms with Crippen LogP contribution in [0, 0.1) is 10.1 Å². The van der Waals surface area contributed by atoms with Gasteiger partial charge in [-0.2, -0.15) is 0 Å². The monoisotopic (exact) mass is 287 g/mol. The van der Waals surface area contributed by atoms with E-state index in [-0.39, 0.29) is 18.0 Å². The molecular formula is C16H17NO4. The summed E-state index contributed by atoms with van der Waals surface area (Å²) >= 11 is 0. The van der Waals surface area contributed by atoms with Crippen LogP contribution in [0.2, 0.25) is 0 Å². The zero-order valence-electron chi connectivity index (χ0n) is 11.9. The maximum Gasteiger partial charge on any atom is 0.311 e. The third kappa shape index (κ3) is 3.58. The smallest absolute Gasteiger partial charge is 0.311 e. The quantitative estimate of drug-likeness (QED) is 0.666. The molecule has 0 aliphatic heterocycles. The van der Waals surface area contributed by atoms with Crippen molar-refractivity contribution in [2.45, 2.75) is 26.4 Å². The molecule has 0 amide bonds. The summed E-state index contributed by atoms with van der Waals surface area (Å²) < 4.78 is 5.58. The van der Waals surface area contributed by atoms with Crippen molar-refractivity contribution in [2.75, 3.05) is 0 Å². The standard InChI is InChI=1S/C16H17NO4/c1-11(2)13-4-6-14(7-5-13)21-16-8-3-12(10-18)9-15(16)17(19)20/h3-9,11,18H,10H2,1-2H3. The van der Waals surface area contributed by atoms with E-state index in [1.807, 2.05) is 12.1 Å². The molecule has 2 aromatic carbocycles. The van der Waals surface area contributed by atoms with Crippen molar-refractivity contribution in [1.82, 2.24) is 0 Å². The van der Waals surface area contributed by atoms with Gasteiger partial charge in [0.25, 0.3) is 0 Å². The molecule has 0 heterocycles. The summed E-state index contributed by atoms with van der Waals surface area (Å²) in [5.41, 5.74) is 1.49. The van der Waals surface area contributed by atoms with Crippen LogP contribution in [0.5, 0.6) is 11.5 Å². The fourth-order valence-electron chi connectivity index (χ4n) is 1.94. The molecule has 0 radical (unpaired) electrons. The van der Waals surface area contributed by atoms with Gasteiger partial charge in [0.05, 0.1) is 11.5 Å².